The van der Waals surface area contributed by atoms with Crippen LogP contribution in [0.3, 0.4) is 0 Å². The van der Waals surface area contributed by atoms with Gasteiger partial charge in [-0.3, -0.25) is 9.59 Å². The van der Waals surface area contributed by atoms with Crippen molar-refractivity contribution in [3.8, 4) is 0 Å². The second kappa shape index (κ2) is 8.82. The van der Waals surface area contributed by atoms with E-state index in [-0.39, 0.29) is 17.9 Å². The zero-order chi connectivity index (χ0) is 23.9. The summed E-state index contributed by atoms with van der Waals surface area (Å²) in [6, 6.07) is 3.22. The molecule has 2 atom stereocenters. The smallest absolute Gasteiger partial charge is 0.272 e. The number of pyridine rings is 1. The molecule has 3 aliphatic rings. The summed E-state index contributed by atoms with van der Waals surface area (Å²) >= 11 is 0. The Kier molecular flexibility index (Phi) is 6.22. The molecule has 0 radical (unpaired) electrons. The standard InChI is InChI=1S/C25H29F2N3O3/c1-15-5-6-20(28-18(15)4)23(31)29-11-9-25(10-12-29)24(32)30-21(7-8-22(30)33-25)16(2)13-19(27)14-17(3)26/h5-6,13-14,21-22H,2,7-12H2,1,3-4H3/b17-14+,19-13+/t21-,22+/m0/s1. The molecule has 8 heteroatoms. The van der Waals surface area contributed by atoms with Gasteiger partial charge in [0.1, 0.15) is 17.7 Å². The number of aromatic nitrogens is 1. The Morgan fingerprint density at radius 2 is 1.91 bits per heavy atom. The fourth-order valence-corrected chi connectivity index (χ4v) is 4.90. The van der Waals surface area contributed by atoms with Crippen LogP contribution in [0.5, 0.6) is 0 Å². The summed E-state index contributed by atoms with van der Waals surface area (Å²) in [4.78, 5) is 34.1. The first-order valence-corrected chi connectivity index (χ1v) is 11.3. The largest absolute Gasteiger partial charge is 0.342 e. The molecule has 0 unspecified atom stereocenters. The number of hydrogen-bond donors (Lipinski definition) is 0. The van der Waals surface area contributed by atoms with E-state index in [0.717, 1.165) is 24.3 Å². The van der Waals surface area contributed by atoms with Gasteiger partial charge in [-0.2, -0.15) is 0 Å². The number of likely N-dealkylation sites (tertiary alicyclic amines) is 1. The number of nitrogens with zero attached hydrogens (tertiary/aromatic N) is 3. The molecule has 1 aromatic rings. The molecule has 6 nitrogen and oxygen atoms in total. The topological polar surface area (TPSA) is 62.7 Å². The maximum Gasteiger partial charge on any atom is 0.272 e. The molecule has 2 amide bonds. The number of allylic oxidation sites excluding steroid dienone is 3. The summed E-state index contributed by atoms with van der Waals surface area (Å²) in [5.41, 5.74) is 1.68. The lowest BCUT2D eigenvalue weighted by Gasteiger charge is -2.37. The molecule has 3 aliphatic heterocycles. The minimum Gasteiger partial charge on any atom is -0.342 e. The fraction of sp³-hybridized carbons (Fsp3) is 0.480. The van der Waals surface area contributed by atoms with E-state index in [1.165, 1.54) is 6.08 Å². The fourth-order valence-electron chi connectivity index (χ4n) is 4.90. The molecule has 0 aromatic carbocycles. The molecule has 1 aromatic heterocycles. The van der Waals surface area contributed by atoms with E-state index < -0.39 is 23.5 Å². The molecule has 3 fully saturated rings. The van der Waals surface area contributed by atoms with Crippen molar-refractivity contribution < 1.29 is 23.1 Å². The maximum absolute atomic E-state index is 14.0. The Hall–Kier alpha value is -2.87. The average molecular weight is 458 g/mol. The van der Waals surface area contributed by atoms with Crippen molar-refractivity contribution in [2.24, 2.45) is 0 Å². The Bertz CT molecular complexity index is 1050. The van der Waals surface area contributed by atoms with E-state index >= 15 is 0 Å². The average Bonchev–Trinajstić information content (AvgIpc) is 3.28. The van der Waals surface area contributed by atoms with Crippen LogP contribution >= 0.6 is 0 Å². The normalized spacial score (nSPS) is 25.1. The van der Waals surface area contributed by atoms with Crippen LogP contribution in [0.25, 0.3) is 0 Å². The van der Waals surface area contributed by atoms with E-state index in [9.17, 15) is 18.4 Å². The molecule has 3 saturated heterocycles. The number of halogens is 2. The van der Waals surface area contributed by atoms with Crippen LogP contribution in [0.4, 0.5) is 8.78 Å². The summed E-state index contributed by atoms with van der Waals surface area (Å²) in [5, 5.41) is 0. The number of amides is 2. The van der Waals surface area contributed by atoms with Crippen LogP contribution in [0.2, 0.25) is 0 Å². The van der Waals surface area contributed by atoms with Gasteiger partial charge >= 0.3 is 0 Å². The van der Waals surface area contributed by atoms with Gasteiger partial charge < -0.3 is 14.5 Å². The van der Waals surface area contributed by atoms with E-state index in [1.807, 2.05) is 19.9 Å². The van der Waals surface area contributed by atoms with Crippen molar-refractivity contribution >= 4 is 11.8 Å². The van der Waals surface area contributed by atoms with Crippen LogP contribution in [0.15, 0.2) is 48.1 Å². The Labute approximate surface area is 192 Å². The Morgan fingerprint density at radius 3 is 2.55 bits per heavy atom. The molecule has 4 heterocycles. The molecule has 0 N–H and O–H groups in total. The minimum atomic E-state index is -0.977. The maximum atomic E-state index is 14.0. The van der Waals surface area contributed by atoms with Crippen molar-refractivity contribution in [2.45, 2.75) is 64.3 Å². The Balaban J connectivity index is 1.44. The van der Waals surface area contributed by atoms with Gasteiger partial charge in [0.15, 0.2) is 5.60 Å². The third kappa shape index (κ3) is 4.36. The molecule has 0 aliphatic carbocycles. The number of fused-ring (bicyclic) bond motifs is 1. The van der Waals surface area contributed by atoms with Gasteiger partial charge in [-0.1, -0.05) is 12.6 Å². The summed E-state index contributed by atoms with van der Waals surface area (Å²) in [6.45, 7) is 9.68. The first kappa shape index (κ1) is 23.3. The highest BCUT2D eigenvalue weighted by atomic mass is 19.1. The molecule has 176 valence electrons. The molecule has 0 saturated carbocycles. The zero-order valence-electron chi connectivity index (χ0n) is 19.2. The third-order valence-corrected chi connectivity index (χ3v) is 6.83. The van der Waals surface area contributed by atoms with Crippen LogP contribution in [-0.4, -0.2) is 57.6 Å². The van der Waals surface area contributed by atoms with E-state index in [2.05, 4.69) is 11.6 Å². The monoisotopic (exact) mass is 457 g/mol. The van der Waals surface area contributed by atoms with Gasteiger partial charge in [0.25, 0.3) is 11.8 Å². The molecular formula is C25H29F2N3O3. The summed E-state index contributed by atoms with van der Waals surface area (Å²) in [5.74, 6) is -1.67. The summed E-state index contributed by atoms with van der Waals surface area (Å²) < 4.78 is 33.2. The second-order valence-corrected chi connectivity index (χ2v) is 9.10. The number of aryl methyl sites for hydroxylation is 2. The summed E-state index contributed by atoms with van der Waals surface area (Å²) in [7, 11) is 0. The number of ether oxygens (including phenoxy) is 1. The van der Waals surface area contributed by atoms with Crippen LogP contribution in [0.1, 0.15) is 54.4 Å². The number of carbonyl (C=O) groups excluding carboxylic acids is 2. The van der Waals surface area contributed by atoms with Crippen molar-refractivity contribution in [3.63, 3.8) is 0 Å². The quantitative estimate of drug-likeness (QED) is 0.633. The van der Waals surface area contributed by atoms with Crippen molar-refractivity contribution in [2.75, 3.05) is 13.1 Å². The summed E-state index contributed by atoms with van der Waals surface area (Å²) in [6.07, 6.45) is 3.59. The number of carbonyl (C=O) groups is 2. The molecule has 4 rings (SSSR count). The minimum absolute atomic E-state index is 0.140. The lowest BCUT2D eigenvalue weighted by Crippen LogP contribution is -2.52. The molecular weight excluding hydrogens is 428 g/mol. The van der Waals surface area contributed by atoms with Crippen molar-refractivity contribution in [3.05, 3.63) is 65.0 Å². The highest BCUT2D eigenvalue weighted by Gasteiger charge is 2.58. The molecule has 1 spiro atoms. The van der Waals surface area contributed by atoms with Gasteiger partial charge in [0, 0.05) is 37.7 Å². The van der Waals surface area contributed by atoms with E-state index in [4.69, 9.17) is 4.74 Å². The van der Waals surface area contributed by atoms with Crippen molar-refractivity contribution in [1.29, 1.82) is 0 Å². The van der Waals surface area contributed by atoms with E-state index in [0.29, 0.717) is 50.0 Å². The lowest BCUT2D eigenvalue weighted by atomic mass is 9.89. The van der Waals surface area contributed by atoms with Gasteiger partial charge in [0.05, 0.1) is 11.9 Å². The number of hydrogen-bond acceptors (Lipinski definition) is 4. The highest BCUT2D eigenvalue weighted by Crippen LogP contribution is 2.44. The van der Waals surface area contributed by atoms with Crippen LogP contribution in [0, 0.1) is 13.8 Å². The van der Waals surface area contributed by atoms with E-state index in [1.54, 1.807) is 15.9 Å². The first-order chi connectivity index (χ1) is 15.6. The molecule has 0 bridgehead atoms. The van der Waals surface area contributed by atoms with Gasteiger partial charge in [-0.05, 0) is 56.9 Å². The number of rotatable bonds is 4. The lowest BCUT2D eigenvalue weighted by molar-refractivity contribution is -0.142. The van der Waals surface area contributed by atoms with Crippen LogP contribution < -0.4 is 0 Å². The predicted molar refractivity (Wildman–Crippen MR) is 120 cm³/mol. The SMILES string of the molecule is C=C(/C=C(F)\C=C(/C)F)[C@@H]1CC[C@H]2OC3(CCN(C(=O)c4ccc(C)c(C)n4)CC3)C(=O)N21. The zero-order valence-corrected chi connectivity index (χ0v) is 19.2. The predicted octanol–water partition coefficient (Wildman–Crippen LogP) is 4.30. The van der Waals surface area contributed by atoms with Crippen molar-refractivity contribution in [1.82, 2.24) is 14.8 Å². The third-order valence-electron chi connectivity index (χ3n) is 6.83. The Morgan fingerprint density at radius 1 is 1.21 bits per heavy atom. The highest BCUT2D eigenvalue weighted by molar-refractivity contribution is 5.93. The number of piperidine rings is 1. The van der Waals surface area contributed by atoms with Gasteiger partial charge in [-0.15, -0.1) is 0 Å². The van der Waals surface area contributed by atoms with Gasteiger partial charge in [-0.25, -0.2) is 13.8 Å². The first-order valence-electron chi connectivity index (χ1n) is 11.3. The second-order valence-electron chi connectivity index (χ2n) is 9.10. The van der Waals surface area contributed by atoms with Crippen LogP contribution in [-0.2, 0) is 9.53 Å². The van der Waals surface area contributed by atoms with Gasteiger partial charge in [0.2, 0.25) is 0 Å². The molecule has 33 heavy (non-hydrogen) atoms.